The van der Waals surface area contributed by atoms with E-state index in [-0.39, 0.29) is 5.54 Å². The number of nitrogens with zero attached hydrogens (tertiary/aromatic N) is 2. The Kier molecular flexibility index (Phi) is 5.27. The third-order valence-corrected chi connectivity index (χ3v) is 3.43. The number of hydrogen-bond donors (Lipinski definition) is 1. The molecule has 0 amide bonds. The number of methoxy groups -OCH3 is 1. The summed E-state index contributed by atoms with van der Waals surface area (Å²) in [6.07, 6.45) is 0. The molecular formula is C15H21N3O2S. The molecule has 1 N–H and O–H groups in total. The van der Waals surface area contributed by atoms with Crippen molar-refractivity contribution in [3.05, 3.63) is 34.8 Å². The molecular weight excluding hydrogens is 286 g/mol. The maximum atomic E-state index is 5.74. The number of aromatic nitrogens is 2. The van der Waals surface area contributed by atoms with Crippen LogP contribution < -0.4 is 10.1 Å². The normalized spacial score (nSPS) is 11.6. The zero-order valence-electron chi connectivity index (χ0n) is 12.8. The number of rotatable bonds is 6. The second-order valence-corrected chi connectivity index (χ2v) is 6.77. The molecule has 0 spiro atoms. The van der Waals surface area contributed by atoms with Crippen LogP contribution in [-0.2, 0) is 17.9 Å². The van der Waals surface area contributed by atoms with Gasteiger partial charge >= 0.3 is 0 Å². The van der Waals surface area contributed by atoms with Crippen LogP contribution >= 0.6 is 11.3 Å². The van der Waals surface area contributed by atoms with Crippen molar-refractivity contribution in [2.75, 3.05) is 7.11 Å². The summed E-state index contributed by atoms with van der Waals surface area (Å²) in [6.45, 7) is 7.61. The predicted molar refractivity (Wildman–Crippen MR) is 83.7 cm³/mol. The smallest absolute Gasteiger partial charge is 0.299 e. The summed E-state index contributed by atoms with van der Waals surface area (Å²) >= 11 is 1.45. The molecule has 5 nitrogen and oxygen atoms in total. The van der Waals surface area contributed by atoms with E-state index in [9.17, 15) is 0 Å². The molecule has 1 heterocycles. The maximum absolute atomic E-state index is 5.74. The minimum absolute atomic E-state index is 0.0567. The summed E-state index contributed by atoms with van der Waals surface area (Å²) in [7, 11) is 1.67. The van der Waals surface area contributed by atoms with Gasteiger partial charge < -0.3 is 14.8 Å². The maximum Gasteiger partial charge on any atom is 0.299 e. The van der Waals surface area contributed by atoms with E-state index in [1.165, 1.54) is 11.3 Å². The van der Waals surface area contributed by atoms with Crippen LogP contribution in [0.15, 0.2) is 24.3 Å². The first-order valence-corrected chi connectivity index (χ1v) is 7.61. The van der Waals surface area contributed by atoms with Crippen molar-refractivity contribution >= 4 is 11.3 Å². The summed E-state index contributed by atoms with van der Waals surface area (Å²) in [5.74, 6) is 0.746. The third kappa shape index (κ3) is 5.41. The fourth-order valence-corrected chi connectivity index (χ4v) is 2.31. The van der Waals surface area contributed by atoms with E-state index in [1.807, 2.05) is 24.3 Å². The first-order valence-electron chi connectivity index (χ1n) is 6.79. The summed E-state index contributed by atoms with van der Waals surface area (Å²) in [4.78, 5) is 0. The van der Waals surface area contributed by atoms with Gasteiger partial charge in [0.25, 0.3) is 5.19 Å². The molecule has 2 rings (SSSR count). The van der Waals surface area contributed by atoms with Crippen molar-refractivity contribution in [3.63, 3.8) is 0 Å². The molecule has 0 aliphatic heterocycles. The van der Waals surface area contributed by atoms with Crippen LogP contribution in [0.2, 0.25) is 0 Å². The Morgan fingerprint density at radius 3 is 2.76 bits per heavy atom. The minimum Gasteiger partial charge on any atom is -0.430 e. The first-order chi connectivity index (χ1) is 9.96. The quantitative estimate of drug-likeness (QED) is 0.887. The lowest BCUT2D eigenvalue weighted by Gasteiger charge is -2.19. The second kappa shape index (κ2) is 6.98. The predicted octanol–water partition coefficient (Wildman–Crippen LogP) is 3.36. The Labute approximate surface area is 129 Å². The van der Waals surface area contributed by atoms with Crippen molar-refractivity contribution in [2.45, 2.75) is 39.5 Å². The standard InChI is InChI=1S/C15H21N3O2S/c1-15(2,3)16-9-13-17-18-14(21-13)20-12-7-5-6-11(8-12)10-19-4/h5-8,16H,9-10H2,1-4H3. The average molecular weight is 307 g/mol. The van der Waals surface area contributed by atoms with E-state index < -0.39 is 0 Å². The van der Waals surface area contributed by atoms with Crippen molar-refractivity contribution < 1.29 is 9.47 Å². The molecule has 21 heavy (non-hydrogen) atoms. The number of ether oxygens (including phenoxy) is 2. The molecule has 114 valence electrons. The first kappa shape index (κ1) is 15.9. The topological polar surface area (TPSA) is 56.3 Å². The largest absolute Gasteiger partial charge is 0.430 e. The summed E-state index contributed by atoms with van der Waals surface area (Å²) in [6, 6.07) is 7.77. The lowest BCUT2D eigenvalue weighted by Crippen LogP contribution is -2.35. The lowest BCUT2D eigenvalue weighted by atomic mass is 10.1. The Hall–Kier alpha value is -1.50. The Morgan fingerprint density at radius 1 is 1.24 bits per heavy atom. The molecule has 0 aliphatic carbocycles. The lowest BCUT2D eigenvalue weighted by molar-refractivity contribution is 0.184. The molecule has 1 aromatic heterocycles. The Bertz CT molecular complexity index is 578. The van der Waals surface area contributed by atoms with Gasteiger partial charge in [-0.1, -0.05) is 28.6 Å². The van der Waals surface area contributed by atoms with Crippen LogP contribution in [0.3, 0.4) is 0 Å². The van der Waals surface area contributed by atoms with Crippen LogP contribution in [-0.4, -0.2) is 22.8 Å². The van der Waals surface area contributed by atoms with E-state index >= 15 is 0 Å². The van der Waals surface area contributed by atoms with Crippen LogP contribution in [0, 0.1) is 0 Å². The number of benzene rings is 1. The zero-order chi connectivity index (χ0) is 15.3. The summed E-state index contributed by atoms with van der Waals surface area (Å²) < 4.78 is 10.9. The number of hydrogen-bond acceptors (Lipinski definition) is 6. The van der Waals surface area contributed by atoms with Gasteiger partial charge in [-0.3, -0.25) is 0 Å². The van der Waals surface area contributed by atoms with Crippen LogP contribution in [0.25, 0.3) is 0 Å². The van der Waals surface area contributed by atoms with Gasteiger partial charge in [0.2, 0.25) is 0 Å². The molecule has 2 aromatic rings. The van der Waals surface area contributed by atoms with Gasteiger partial charge in [-0.15, -0.1) is 5.10 Å². The SMILES string of the molecule is COCc1cccc(Oc2nnc(CNC(C)(C)C)s2)c1. The molecule has 0 saturated carbocycles. The van der Waals surface area contributed by atoms with Gasteiger partial charge in [0, 0.05) is 12.6 Å². The van der Waals surface area contributed by atoms with E-state index in [4.69, 9.17) is 9.47 Å². The molecule has 0 fully saturated rings. The molecule has 0 bridgehead atoms. The van der Waals surface area contributed by atoms with E-state index in [0.29, 0.717) is 18.3 Å². The monoisotopic (exact) mass is 307 g/mol. The van der Waals surface area contributed by atoms with Crippen molar-refractivity contribution in [2.24, 2.45) is 0 Å². The van der Waals surface area contributed by atoms with Gasteiger partial charge in [0.05, 0.1) is 13.2 Å². The van der Waals surface area contributed by atoms with Gasteiger partial charge in [0.1, 0.15) is 10.8 Å². The highest BCUT2D eigenvalue weighted by Gasteiger charge is 2.12. The highest BCUT2D eigenvalue weighted by Crippen LogP contribution is 2.25. The third-order valence-electron chi connectivity index (χ3n) is 2.63. The Balaban J connectivity index is 1.97. The number of nitrogens with one attached hydrogen (secondary N) is 1. The molecule has 0 aliphatic rings. The minimum atomic E-state index is 0.0567. The zero-order valence-corrected chi connectivity index (χ0v) is 13.7. The van der Waals surface area contributed by atoms with Crippen molar-refractivity contribution in [1.82, 2.24) is 15.5 Å². The van der Waals surface area contributed by atoms with Gasteiger partial charge in [0.15, 0.2) is 0 Å². The van der Waals surface area contributed by atoms with Crippen molar-refractivity contribution in [1.29, 1.82) is 0 Å². The fourth-order valence-electron chi connectivity index (χ4n) is 1.66. The summed E-state index contributed by atoms with van der Waals surface area (Å²) in [5.41, 5.74) is 1.12. The molecule has 0 radical (unpaired) electrons. The van der Waals surface area contributed by atoms with E-state index in [1.54, 1.807) is 7.11 Å². The van der Waals surface area contributed by atoms with Gasteiger partial charge in [-0.2, -0.15) is 0 Å². The summed E-state index contributed by atoms with van der Waals surface area (Å²) in [5, 5.41) is 13.0. The molecule has 1 aromatic carbocycles. The average Bonchev–Trinajstić information content (AvgIpc) is 2.84. The van der Waals surface area contributed by atoms with Crippen LogP contribution in [0.4, 0.5) is 0 Å². The van der Waals surface area contributed by atoms with E-state index in [2.05, 4.69) is 36.3 Å². The van der Waals surface area contributed by atoms with Crippen LogP contribution in [0.5, 0.6) is 10.9 Å². The van der Waals surface area contributed by atoms with Gasteiger partial charge in [-0.25, -0.2) is 0 Å². The van der Waals surface area contributed by atoms with Crippen molar-refractivity contribution in [3.8, 4) is 10.9 Å². The molecule has 0 atom stereocenters. The molecule has 0 saturated heterocycles. The fraction of sp³-hybridized carbons (Fsp3) is 0.467. The molecule has 6 heteroatoms. The second-order valence-electron chi connectivity index (χ2n) is 5.75. The van der Waals surface area contributed by atoms with Gasteiger partial charge in [-0.05, 0) is 38.5 Å². The highest BCUT2D eigenvalue weighted by atomic mass is 32.1. The Morgan fingerprint density at radius 2 is 2.05 bits per heavy atom. The molecule has 0 unspecified atom stereocenters. The van der Waals surface area contributed by atoms with E-state index in [0.717, 1.165) is 16.3 Å². The van der Waals surface area contributed by atoms with Crippen LogP contribution in [0.1, 0.15) is 31.3 Å². The highest BCUT2D eigenvalue weighted by molar-refractivity contribution is 7.13.